The number of aromatic nitrogens is 2. The lowest BCUT2D eigenvalue weighted by atomic mass is 10.2. The van der Waals surface area contributed by atoms with Gasteiger partial charge in [0.25, 0.3) is 0 Å². The molecule has 0 saturated carbocycles. The van der Waals surface area contributed by atoms with Gasteiger partial charge < -0.3 is 4.74 Å². The highest BCUT2D eigenvalue weighted by molar-refractivity contribution is 8.01. The van der Waals surface area contributed by atoms with Crippen molar-refractivity contribution in [2.24, 2.45) is 0 Å². The molecule has 0 atom stereocenters. The SMILES string of the molecule is Cc1nnc(SCCOc2cccc(C#N)c2)s1. The van der Waals surface area contributed by atoms with E-state index >= 15 is 0 Å². The van der Waals surface area contributed by atoms with Crippen LogP contribution in [0.4, 0.5) is 0 Å². The van der Waals surface area contributed by atoms with Crippen LogP contribution >= 0.6 is 23.1 Å². The van der Waals surface area contributed by atoms with Gasteiger partial charge in [-0.05, 0) is 25.1 Å². The minimum Gasteiger partial charge on any atom is -0.493 e. The summed E-state index contributed by atoms with van der Waals surface area (Å²) in [5.74, 6) is 1.54. The summed E-state index contributed by atoms with van der Waals surface area (Å²) in [6, 6.07) is 9.24. The monoisotopic (exact) mass is 277 g/mol. The maximum Gasteiger partial charge on any atom is 0.174 e. The van der Waals surface area contributed by atoms with Gasteiger partial charge in [0.05, 0.1) is 18.2 Å². The van der Waals surface area contributed by atoms with Crippen molar-refractivity contribution in [1.82, 2.24) is 10.2 Å². The van der Waals surface area contributed by atoms with E-state index < -0.39 is 0 Å². The van der Waals surface area contributed by atoms with Crippen LogP contribution in [0.1, 0.15) is 10.6 Å². The van der Waals surface area contributed by atoms with Gasteiger partial charge in [-0.15, -0.1) is 10.2 Å². The molecule has 0 bridgehead atoms. The zero-order valence-electron chi connectivity index (χ0n) is 9.79. The number of rotatable bonds is 5. The number of nitrogens with zero attached hydrogens (tertiary/aromatic N) is 3. The first kappa shape index (κ1) is 12.9. The van der Waals surface area contributed by atoms with E-state index in [2.05, 4.69) is 16.3 Å². The zero-order chi connectivity index (χ0) is 12.8. The molecule has 0 N–H and O–H groups in total. The lowest BCUT2D eigenvalue weighted by molar-refractivity contribution is 0.344. The molecule has 4 nitrogen and oxygen atoms in total. The molecule has 6 heteroatoms. The fraction of sp³-hybridized carbons (Fsp3) is 0.250. The summed E-state index contributed by atoms with van der Waals surface area (Å²) >= 11 is 3.21. The molecule has 18 heavy (non-hydrogen) atoms. The maximum atomic E-state index is 8.76. The van der Waals surface area contributed by atoms with Crippen LogP contribution in [0, 0.1) is 18.3 Å². The summed E-state index contributed by atoms with van der Waals surface area (Å²) in [4.78, 5) is 0. The normalized spacial score (nSPS) is 10.0. The van der Waals surface area contributed by atoms with E-state index in [4.69, 9.17) is 10.00 Å². The molecule has 0 fully saturated rings. The van der Waals surface area contributed by atoms with Crippen molar-refractivity contribution in [3.8, 4) is 11.8 Å². The second-order valence-corrected chi connectivity index (χ2v) is 5.95. The van der Waals surface area contributed by atoms with Gasteiger partial charge in [0.15, 0.2) is 4.34 Å². The van der Waals surface area contributed by atoms with Crippen LogP contribution in [0.15, 0.2) is 28.6 Å². The summed E-state index contributed by atoms with van der Waals surface area (Å²) in [5, 5.41) is 17.7. The van der Waals surface area contributed by atoms with Crippen molar-refractivity contribution >= 4 is 23.1 Å². The molecule has 0 spiro atoms. The minimum absolute atomic E-state index is 0.582. The number of nitriles is 1. The summed E-state index contributed by atoms with van der Waals surface area (Å²) in [5.41, 5.74) is 0.611. The Hall–Kier alpha value is -1.58. The van der Waals surface area contributed by atoms with Crippen molar-refractivity contribution in [2.45, 2.75) is 11.3 Å². The number of thioether (sulfide) groups is 1. The molecule has 0 aliphatic carbocycles. The molecule has 0 unspecified atom stereocenters. The molecule has 0 amide bonds. The number of ether oxygens (including phenoxy) is 1. The van der Waals surface area contributed by atoms with E-state index in [1.54, 1.807) is 35.2 Å². The van der Waals surface area contributed by atoms with Crippen LogP contribution in [0.3, 0.4) is 0 Å². The molecular formula is C12H11N3OS2. The van der Waals surface area contributed by atoms with Crippen molar-refractivity contribution in [2.75, 3.05) is 12.4 Å². The molecular weight excluding hydrogens is 266 g/mol. The van der Waals surface area contributed by atoms with Gasteiger partial charge in [-0.3, -0.25) is 0 Å². The Morgan fingerprint density at radius 3 is 3.06 bits per heavy atom. The Morgan fingerprint density at radius 2 is 2.33 bits per heavy atom. The van der Waals surface area contributed by atoms with E-state index in [0.717, 1.165) is 20.8 Å². The molecule has 0 aliphatic heterocycles. The van der Waals surface area contributed by atoms with Crippen LogP contribution in [-0.4, -0.2) is 22.6 Å². The van der Waals surface area contributed by atoms with Crippen molar-refractivity contribution in [3.05, 3.63) is 34.8 Å². The maximum absolute atomic E-state index is 8.76. The van der Waals surface area contributed by atoms with E-state index in [1.165, 1.54) is 0 Å². The molecule has 1 aromatic heterocycles. The number of aryl methyl sites for hydroxylation is 1. The number of benzene rings is 1. The summed E-state index contributed by atoms with van der Waals surface area (Å²) in [6.45, 7) is 2.52. The molecule has 2 aromatic rings. The second kappa shape index (κ2) is 6.38. The standard InChI is InChI=1S/C12H11N3OS2/c1-9-14-15-12(18-9)17-6-5-16-11-4-2-3-10(7-11)8-13/h2-4,7H,5-6H2,1H3. The van der Waals surface area contributed by atoms with Gasteiger partial charge in [0.1, 0.15) is 10.8 Å². The molecule has 1 aromatic carbocycles. The first-order valence-electron chi connectivity index (χ1n) is 5.34. The average Bonchev–Trinajstić information content (AvgIpc) is 2.81. The van der Waals surface area contributed by atoms with Gasteiger partial charge in [0, 0.05) is 5.75 Å². The Bertz CT molecular complexity index is 562. The summed E-state index contributed by atoms with van der Waals surface area (Å²) in [7, 11) is 0. The van der Waals surface area contributed by atoms with Crippen LogP contribution in [0.2, 0.25) is 0 Å². The fourth-order valence-corrected chi connectivity index (χ4v) is 2.98. The fourth-order valence-electron chi connectivity index (χ4n) is 1.28. The van der Waals surface area contributed by atoms with Gasteiger partial charge in [-0.2, -0.15) is 5.26 Å². The number of hydrogen-bond acceptors (Lipinski definition) is 6. The van der Waals surface area contributed by atoms with Gasteiger partial charge >= 0.3 is 0 Å². The first-order chi connectivity index (χ1) is 8.78. The van der Waals surface area contributed by atoms with Gasteiger partial charge in [-0.1, -0.05) is 29.2 Å². The first-order valence-corrected chi connectivity index (χ1v) is 7.14. The Labute approximate surface area is 114 Å². The van der Waals surface area contributed by atoms with E-state index in [0.29, 0.717) is 12.2 Å². The lowest BCUT2D eigenvalue weighted by Gasteiger charge is -2.04. The van der Waals surface area contributed by atoms with Crippen LogP contribution < -0.4 is 4.74 Å². The largest absolute Gasteiger partial charge is 0.493 e. The minimum atomic E-state index is 0.582. The Morgan fingerprint density at radius 1 is 1.44 bits per heavy atom. The predicted octanol–water partition coefficient (Wildman–Crippen LogP) is 2.89. The van der Waals surface area contributed by atoms with E-state index in [1.807, 2.05) is 19.1 Å². The van der Waals surface area contributed by atoms with Crippen LogP contribution in [-0.2, 0) is 0 Å². The topological polar surface area (TPSA) is 58.8 Å². The molecule has 0 aliphatic rings. The average molecular weight is 277 g/mol. The predicted molar refractivity (Wildman–Crippen MR) is 72.0 cm³/mol. The van der Waals surface area contributed by atoms with Gasteiger partial charge in [0.2, 0.25) is 0 Å². The quantitative estimate of drug-likeness (QED) is 0.621. The zero-order valence-corrected chi connectivity index (χ0v) is 11.4. The highest BCUT2D eigenvalue weighted by Gasteiger charge is 2.01. The Balaban J connectivity index is 1.77. The third kappa shape index (κ3) is 3.72. The van der Waals surface area contributed by atoms with Crippen molar-refractivity contribution in [1.29, 1.82) is 5.26 Å². The number of hydrogen-bond donors (Lipinski definition) is 0. The molecule has 2 rings (SSSR count). The van der Waals surface area contributed by atoms with Crippen LogP contribution in [0.5, 0.6) is 5.75 Å². The molecule has 1 heterocycles. The van der Waals surface area contributed by atoms with E-state index in [9.17, 15) is 0 Å². The van der Waals surface area contributed by atoms with Gasteiger partial charge in [-0.25, -0.2) is 0 Å². The second-order valence-electron chi connectivity index (χ2n) is 3.42. The molecule has 0 radical (unpaired) electrons. The molecule has 0 saturated heterocycles. The van der Waals surface area contributed by atoms with Crippen molar-refractivity contribution in [3.63, 3.8) is 0 Å². The molecule has 92 valence electrons. The third-order valence-corrected chi connectivity index (χ3v) is 3.98. The lowest BCUT2D eigenvalue weighted by Crippen LogP contribution is -2.00. The summed E-state index contributed by atoms with van der Waals surface area (Å²) < 4.78 is 6.52. The highest BCUT2D eigenvalue weighted by Crippen LogP contribution is 2.21. The Kier molecular flexibility index (Phi) is 4.56. The smallest absolute Gasteiger partial charge is 0.174 e. The third-order valence-electron chi connectivity index (χ3n) is 2.05. The van der Waals surface area contributed by atoms with Crippen LogP contribution in [0.25, 0.3) is 0 Å². The van der Waals surface area contributed by atoms with Crippen molar-refractivity contribution < 1.29 is 4.74 Å². The highest BCUT2D eigenvalue weighted by atomic mass is 32.2. The summed E-state index contributed by atoms with van der Waals surface area (Å²) in [6.07, 6.45) is 0. The van der Waals surface area contributed by atoms with E-state index in [-0.39, 0.29) is 0 Å².